The summed E-state index contributed by atoms with van der Waals surface area (Å²) in [7, 11) is 0. The molecule has 0 aliphatic carbocycles. The Morgan fingerprint density at radius 2 is 1.68 bits per heavy atom. The number of anilines is 1. The van der Waals surface area contributed by atoms with Gasteiger partial charge in [-0.2, -0.15) is 0 Å². The smallest absolute Gasteiger partial charge is 0.248 e. The van der Waals surface area contributed by atoms with Crippen LogP contribution in [0.5, 0.6) is 0 Å². The molecule has 25 heavy (non-hydrogen) atoms. The summed E-state index contributed by atoms with van der Waals surface area (Å²) in [6.45, 7) is 8.27. The van der Waals surface area contributed by atoms with Crippen LogP contribution < -0.4 is 11.1 Å². The third kappa shape index (κ3) is 5.05. The van der Waals surface area contributed by atoms with Crippen LogP contribution in [0, 0.1) is 6.92 Å². The van der Waals surface area contributed by atoms with Gasteiger partial charge in [-0.1, -0.05) is 45.0 Å². The fraction of sp³-hybridized carbons (Fsp3) is 0.238. The third-order valence-electron chi connectivity index (χ3n) is 3.96. The number of aryl methyl sites for hydroxylation is 1. The van der Waals surface area contributed by atoms with Gasteiger partial charge in [0.2, 0.25) is 11.8 Å². The number of rotatable bonds is 4. The molecule has 0 saturated heterocycles. The van der Waals surface area contributed by atoms with E-state index in [9.17, 15) is 9.59 Å². The van der Waals surface area contributed by atoms with Crippen LogP contribution in [-0.4, -0.2) is 11.8 Å². The summed E-state index contributed by atoms with van der Waals surface area (Å²) in [5.41, 5.74) is 9.40. The molecule has 0 heterocycles. The van der Waals surface area contributed by atoms with E-state index in [-0.39, 0.29) is 11.3 Å². The number of nitrogens with two attached hydrogens (primary N) is 1. The van der Waals surface area contributed by atoms with Crippen LogP contribution in [0.3, 0.4) is 0 Å². The summed E-state index contributed by atoms with van der Waals surface area (Å²) in [6, 6.07) is 13.1. The zero-order valence-electron chi connectivity index (χ0n) is 15.1. The maximum atomic E-state index is 12.1. The van der Waals surface area contributed by atoms with Gasteiger partial charge in [0.1, 0.15) is 0 Å². The lowest BCUT2D eigenvalue weighted by Gasteiger charge is -2.18. The molecule has 0 aliphatic heterocycles. The largest absolute Gasteiger partial charge is 0.366 e. The quantitative estimate of drug-likeness (QED) is 0.827. The second kappa shape index (κ2) is 7.34. The minimum absolute atomic E-state index is 0.106. The first kappa shape index (κ1) is 18.5. The summed E-state index contributed by atoms with van der Waals surface area (Å²) in [5, 5.41) is 2.78. The number of benzene rings is 2. The van der Waals surface area contributed by atoms with Crippen molar-refractivity contribution in [2.24, 2.45) is 5.73 Å². The molecule has 2 aromatic carbocycles. The molecule has 4 heteroatoms. The van der Waals surface area contributed by atoms with E-state index in [1.54, 1.807) is 31.2 Å². The van der Waals surface area contributed by atoms with E-state index in [2.05, 4.69) is 38.2 Å². The maximum absolute atomic E-state index is 12.1. The number of primary amides is 1. The second-order valence-corrected chi connectivity index (χ2v) is 7.09. The predicted molar refractivity (Wildman–Crippen MR) is 103 cm³/mol. The molecule has 0 atom stereocenters. The molecule has 0 aliphatic rings. The van der Waals surface area contributed by atoms with Gasteiger partial charge in [-0.3, -0.25) is 9.59 Å². The highest BCUT2D eigenvalue weighted by molar-refractivity contribution is 6.02. The summed E-state index contributed by atoms with van der Waals surface area (Å²) in [6.07, 6.45) is 3.26. The fourth-order valence-corrected chi connectivity index (χ4v) is 2.47. The van der Waals surface area contributed by atoms with E-state index < -0.39 is 5.91 Å². The van der Waals surface area contributed by atoms with Crippen molar-refractivity contribution in [2.75, 3.05) is 5.32 Å². The van der Waals surface area contributed by atoms with Crippen LogP contribution in [0.2, 0.25) is 0 Å². The highest BCUT2D eigenvalue weighted by Gasteiger charge is 2.12. The van der Waals surface area contributed by atoms with E-state index in [1.807, 2.05) is 12.1 Å². The van der Waals surface area contributed by atoms with Crippen molar-refractivity contribution in [2.45, 2.75) is 33.1 Å². The highest BCUT2D eigenvalue weighted by Crippen LogP contribution is 2.22. The van der Waals surface area contributed by atoms with Crippen molar-refractivity contribution >= 4 is 23.6 Å². The molecular formula is C21H24N2O2. The van der Waals surface area contributed by atoms with Crippen molar-refractivity contribution in [1.29, 1.82) is 0 Å². The van der Waals surface area contributed by atoms with Crippen LogP contribution in [0.15, 0.2) is 48.5 Å². The van der Waals surface area contributed by atoms with Crippen LogP contribution in [0.4, 0.5) is 5.69 Å². The Hall–Kier alpha value is -2.88. The molecule has 0 fully saturated rings. The molecule has 3 N–H and O–H groups in total. The molecule has 2 amide bonds. The summed E-state index contributed by atoms with van der Waals surface area (Å²) >= 11 is 0. The Kier molecular flexibility index (Phi) is 5.42. The number of carbonyl (C=O) groups is 2. The van der Waals surface area contributed by atoms with Gasteiger partial charge in [0.05, 0.1) is 0 Å². The highest BCUT2D eigenvalue weighted by atomic mass is 16.1. The van der Waals surface area contributed by atoms with Crippen LogP contribution >= 0.6 is 0 Å². The Labute approximate surface area is 148 Å². The number of amides is 2. The van der Waals surface area contributed by atoms with Gasteiger partial charge in [0, 0.05) is 17.3 Å². The van der Waals surface area contributed by atoms with Gasteiger partial charge in [-0.15, -0.1) is 0 Å². The zero-order valence-corrected chi connectivity index (χ0v) is 15.1. The lowest BCUT2D eigenvalue weighted by molar-refractivity contribution is -0.111. The average molecular weight is 336 g/mol. The molecule has 4 nitrogen and oxygen atoms in total. The van der Waals surface area contributed by atoms with Gasteiger partial charge in [-0.25, -0.2) is 0 Å². The second-order valence-electron chi connectivity index (χ2n) is 7.09. The maximum Gasteiger partial charge on any atom is 0.248 e. The molecule has 130 valence electrons. The Morgan fingerprint density at radius 3 is 2.20 bits per heavy atom. The van der Waals surface area contributed by atoms with E-state index in [4.69, 9.17) is 5.73 Å². The van der Waals surface area contributed by atoms with E-state index >= 15 is 0 Å². The number of hydrogen-bond donors (Lipinski definition) is 2. The molecule has 0 aromatic heterocycles. The molecule has 0 radical (unpaired) electrons. The van der Waals surface area contributed by atoms with E-state index in [0.29, 0.717) is 11.3 Å². The first-order valence-electron chi connectivity index (χ1n) is 8.17. The van der Waals surface area contributed by atoms with Gasteiger partial charge >= 0.3 is 0 Å². The minimum Gasteiger partial charge on any atom is -0.366 e. The molecule has 0 spiro atoms. The summed E-state index contributed by atoms with van der Waals surface area (Å²) < 4.78 is 0. The van der Waals surface area contributed by atoms with E-state index in [1.165, 1.54) is 11.6 Å². The van der Waals surface area contributed by atoms with Crippen molar-refractivity contribution in [1.82, 2.24) is 0 Å². The number of carbonyl (C=O) groups excluding carboxylic acids is 2. The van der Waals surface area contributed by atoms with Crippen molar-refractivity contribution in [3.8, 4) is 0 Å². The number of nitrogens with one attached hydrogen (secondary N) is 1. The predicted octanol–water partition coefficient (Wildman–Crippen LogP) is 4.04. The summed E-state index contributed by atoms with van der Waals surface area (Å²) in [4.78, 5) is 23.3. The first-order valence-corrected chi connectivity index (χ1v) is 8.17. The third-order valence-corrected chi connectivity index (χ3v) is 3.96. The molecular weight excluding hydrogens is 312 g/mol. The molecule has 2 aromatic rings. The standard InChI is InChI=1S/C21H24N2O2/c1-14-13-17(10-11-18(14)20(22)25)23-19(24)12-7-15-5-8-16(9-6-15)21(2,3)4/h5-13H,1-4H3,(H2,22,25)(H,23,24)/b12-7+. The lowest BCUT2D eigenvalue weighted by atomic mass is 9.87. The Balaban J connectivity index is 2.03. The Bertz CT molecular complexity index is 813. The van der Waals surface area contributed by atoms with Gasteiger partial charge in [0.25, 0.3) is 0 Å². The van der Waals surface area contributed by atoms with Crippen molar-refractivity contribution in [3.63, 3.8) is 0 Å². The van der Waals surface area contributed by atoms with Crippen molar-refractivity contribution in [3.05, 3.63) is 70.8 Å². The average Bonchev–Trinajstić information content (AvgIpc) is 2.52. The Morgan fingerprint density at radius 1 is 1.04 bits per heavy atom. The topological polar surface area (TPSA) is 72.2 Å². The van der Waals surface area contributed by atoms with Crippen molar-refractivity contribution < 1.29 is 9.59 Å². The van der Waals surface area contributed by atoms with Crippen LogP contribution in [0.25, 0.3) is 6.08 Å². The number of hydrogen-bond acceptors (Lipinski definition) is 2. The van der Waals surface area contributed by atoms with Gasteiger partial charge < -0.3 is 11.1 Å². The minimum atomic E-state index is -0.478. The van der Waals surface area contributed by atoms with Crippen LogP contribution in [-0.2, 0) is 10.2 Å². The molecule has 0 saturated carbocycles. The van der Waals surface area contributed by atoms with Crippen LogP contribution in [0.1, 0.15) is 47.8 Å². The SMILES string of the molecule is Cc1cc(NC(=O)/C=C/c2ccc(C(C)(C)C)cc2)ccc1C(N)=O. The van der Waals surface area contributed by atoms with E-state index in [0.717, 1.165) is 11.1 Å². The first-order chi connectivity index (χ1) is 11.7. The monoisotopic (exact) mass is 336 g/mol. The summed E-state index contributed by atoms with van der Waals surface area (Å²) in [5.74, 6) is -0.708. The van der Waals surface area contributed by atoms with Gasteiger partial charge in [0.15, 0.2) is 0 Å². The molecule has 0 unspecified atom stereocenters. The lowest BCUT2D eigenvalue weighted by Crippen LogP contribution is -2.13. The normalized spacial score (nSPS) is 11.5. The molecule has 0 bridgehead atoms. The molecule has 2 rings (SSSR count). The fourth-order valence-electron chi connectivity index (χ4n) is 2.47. The zero-order chi connectivity index (χ0) is 18.6. The van der Waals surface area contributed by atoms with Gasteiger partial charge in [-0.05, 0) is 53.3 Å².